The van der Waals surface area contributed by atoms with Gasteiger partial charge in [-0.3, -0.25) is 9.89 Å². The van der Waals surface area contributed by atoms with Crippen molar-refractivity contribution in [1.29, 1.82) is 0 Å². The third kappa shape index (κ3) is 3.19. The van der Waals surface area contributed by atoms with Crippen molar-refractivity contribution in [2.45, 2.75) is 20.3 Å². The van der Waals surface area contributed by atoms with Crippen LogP contribution in [0.25, 0.3) is 22.3 Å². The number of pyridine rings is 1. The minimum Gasteiger partial charge on any atom is -0.339 e. The van der Waals surface area contributed by atoms with Gasteiger partial charge in [0.05, 0.1) is 11.9 Å². The summed E-state index contributed by atoms with van der Waals surface area (Å²) >= 11 is 0. The van der Waals surface area contributed by atoms with Gasteiger partial charge < -0.3 is 10.3 Å². The number of hydrogen-bond donors (Lipinski definition) is 3. The van der Waals surface area contributed by atoms with Crippen LogP contribution in [0.5, 0.6) is 0 Å². The smallest absolute Gasteiger partial charge is 0.276 e. The van der Waals surface area contributed by atoms with Crippen LogP contribution < -0.4 is 5.32 Å². The molecule has 3 aromatic heterocycles. The maximum atomic E-state index is 13.1. The summed E-state index contributed by atoms with van der Waals surface area (Å²) in [5.74, 6) is -0.559. The predicted molar refractivity (Wildman–Crippen MR) is 102 cm³/mol. The summed E-state index contributed by atoms with van der Waals surface area (Å²) in [6, 6.07) is 9.99. The van der Waals surface area contributed by atoms with Crippen molar-refractivity contribution < 1.29 is 9.18 Å². The topological polar surface area (TPSA) is 86.5 Å². The van der Waals surface area contributed by atoms with Crippen molar-refractivity contribution in [2.75, 3.05) is 5.32 Å². The number of H-pyrrole nitrogens is 2. The number of fused-ring (bicyclic) bond motifs is 1. The van der Waals surface area contributed by atoms with Crippen LogP contribution in [0.1, 0.15) is 28.7 Å². The van der Waals surface area contributed by atoms with E-state index >= 15 is 0 Å². The van der Waals surface area contributed by atoms with Gasteiger partial charge in [0, 0.05) is 22.3 Å². The lowest BCUT2D eigenvalue weighted by molar-refractivity contribution is 0.102. The van der Waals surface area contributed by atoms with E-state index in [1.165, 1.54) is 12.1 Å². The van der Waals surface area contributed by atoms with Crippen molar-refractivity contribution in [3.05, 3.63) is 65.4 Å². The summed E-state index contributed by atoms with van der Waals surface area (Å²) in [5.41, 5.74) is 5.14. The molecule has 0 radical (unpaired) electrons. The van der Waals surface area contributed by atoms with Gasteiger partial charge in [-0.25, -0.2) is 9.37 Å². The molecule has 0 saturated carbocycles. The maximum absolute atomic E-state index is 13.1. The molecule has 136 valence electrons. The SMILES string of the molecule is CCc1[nH]nc(C(=O)Nc2cnc3[nH]c(-c4ccc(F)cc4)cc3c2)c1C. The molecule has 0 fully saturated rings. The molecule has 1 aromatic carbocycles. The molecule has 0 aliphatic heterocycles. The fourth-order valence-electron chi connectivity index (χ4n) is 3.06. The molecule has 4 rings (SSSR count). The van der Waals surface area contributed by atoms with E-state index < -0.39 is 0 Å². The Kier molecular flexibility index (Phi) is 4.19. The molecule has 4 aromatic rings. The number of halogens is 1. The molecule has 3 heterocycles. The summed E-state index contributed by atoms with van der Waals surface area (Å²) in [4.78, 5) is 20.1. The van der Waals surface area contributed by atoms with Gasteiger partial charge in [-0.05, 0) is 55.3 Å². The van der Waals surface area contributed by atoms with Gasteiger partial charge in [0.2, 0.25) is 0 Å². The lowest BCUT2D eigenvalue weighted by atomic mass is 10.1. The highest BCUT2D eigenvalue weighted by Crippen LogP contribution is 2.25. The van der Waals surface area contributed by atoms with Crippen molar-refractivity contribution in [2.24, 2.45) is 0 Å². The Labute approximate surface area is 154 Å². The van der Waals surface area contributed by atoms with E-state index in [9.17, 15) is 9.18 Å². The van der Waals surface area contributed by atoms with Crippen LogP contribution in [-0.4, -0.2) is 26.1 Å². The number of aromatic nitrogens is 4. The van der Waals surface area contributed by atoms with Crippen molar-refractivity contribution in [1.82, 2.24) is 20.2 Å². The molecule has 0 bridgehead atoms. The Hall–Kier alpha value is -3.48. The van der Waals surface area contributed by atoms with Gasteiger partial charge in [-0.1, -0.05) is 6.92 Å². The normalized spacial score (nSPS) is 11.1. The van der Waals surface area contributed by atoms with E-state index in [4.69, 9.17) is 0 Å². The third-order valence-electron chi connectivity index (χ3n) is 4.56. The number of nitrogens with one attached hydrogen (secondary N) is 3. The maximum Gasteiger partial charge on any atom is 0.276 e. The average molecular weight is 363 g/mol. The number of amides is 1. The van der Waals surface area contributed by atoms with Gasteiger partial charge in [0.15, 0.2) is 5.69 Å². The van der Waals surface area contributed by atoms with Gasteiger partial charge >= 0.3 is 0 Å². The first-order valence-electron chi connectivity index (χ1n) is 8.65. The van der Waals surface area contributed by atoms with Crippen molar-refractivity contribution in [3.63, 3.8) is 0 Å². The standard InChI is InChI=1S/C20H18FN5O/c1-3-16-11(2)18(26-25-16)20(27)23-15-8-13-9-17(24-19(13)22-10-15)12-4-6-14(21)7-5-12/h4-10H,3H2,1-2H3,(H,22,24)(H,23,27)(H,25,26). The second-order valence-corrected chi connectivity index (χ2v) is 6.34. The fourth-order valence-corrected chi connectivity index (χ4v) is 3.06. The van der Waals surface area contributed by atoms with Gasteiger partial charge in [-0.2, -0.15) is 5.10 Å². The molecule has 7 heteroatoms. The number of aromatic amines is 2. The second-order valence-electron chi connectivity index (χ2n) is 6.34. The third-order valence-corrected chi connectivity index (χ3v) is 4.56. The minimum absolute atomic E-state index is 0.279. The number of anilines is 1. The van der Waals surface area contributed by atoms with E-state index in [0.29, 0.717) is 17.0 Å². The molecule has 1 amide bonds. The highest BCUT2D eigenvalue weighted by Gasteiger charge is 2.16. The van der Waals surface area contributed by atoms with Crippen LogP contribution in [0, 0.1) is 12.7 Å². The zero-order valence-corrected chi connectivity index (χ0v) is 14.9. The average Bonchev–Trinajstić information content (AvgIpc) is 3.25. The number of rotatable bonds is 4. The molecule has 0 aliphatic carbocycles. The largest absolute Gasteiger partial charge is 0.339 e. The summed E-state index contributed by atoms with van der Waals surface area (Å²) in [7, 11) is 0. The Morgan fingerprint density at radius 1 is 1.22 bits per heavy atom. The van der Waals surface area contributed by atoms with Crippen LogP contribution in [0.3, 0.4) is 0 Å². The molecule has 6 nitrogen and oxygen atoms in total. The quantitative estimate of drug-likeness (QED) is 0.507. The van der Waals surface area contributed by atoms with Crippen LogP contribution >= 0.6 is 0 Å². The molecule has 0 saturated heterocycles. The first-order chi connectivity index (χ1) is 13.0. The lowest BCUT2D eigenvalue weighted by Gasteiger charge is -2.03. The zero-order valence-electron chi connectivity index (χ0n) is 14.9. The summed E-state index contributed by atoms with van der Waals surface area (Å²) in [6.07, 6.45) is 2.38. The van der Waals surface area contributed by atoms with E-state index in [1.54, 1.807) is 18.3 Å². The van der Waals surface area contributed by atoms with E-state index in [-0.39, 0.29) is 11.7 Å². The molecule has 0 aliphatic rings. The molecule has 0 atom stereocenters. The summed E-state index contributed by atoms with van der Waals surface area (Å²) in [5, 5.41) is 10.7. The second kappa shape index (κ2) is 6.68. The zero-order chi connectivity index (χ0) is 19.0. The first kappa shape index (κ1) is 17.0. The minimum atomic E-state index is -0.280. The molecule has 3 N–H and O–H groups in total. The summed E-state index contributed by atoms with van der Waals surface area (Å²) < 4.78 is 13.1. The Morgan fingerprint density at radius 3 is 2.70 bits per heavy atom. The highest BCUT2D eigenvalue weighted by atomic mass is 19.1. The van der Waals surface area contributed by atoms with Gasteiger partial charge in [0.25, 0.3) is 5.91 Å². The lowest BCUT2D eigenvalue weighted by Crippen LogP contribution is -2.13. The van der Waals surface area contributed by atoms with Crippen LogP contribution in [0.4, 0.5) is 10.1 Å². The Balaban J connectivity index is 1.60. The molecular weight excluding hydrogens is 345 g/mol. The number of carbonyl (C=O) groups is 1. The highest BCUT2D eigenvalue weighted by molar-refractivity contribution is 6.04. The van der Waals surface area contributed by atoms with Crippen molar-refractivity contribution in [3.8, 4) is 11.3 Å². The van der Waals surface area contributed by atoms with Gasteiger partial charge in [0.1, 0.15) is 11.5 Å². The number of hydrogen-bond acceptors (Lipinski definition) is 3. The molecule has 0 unspecified atom stereocenters. The number of carbonyl (C=O) groups excluding carboxylic acids is 1. The Bertz CT molecular complexity index is 1130. The van der Waals surface area contributed by atoms with E-state index in [1.807, 2.05) is 26.0 Å². The van der Waals surface area contributed by atoms with Crippen LogP contribution in [0.15, 0.2) is 42.6 Å². The van der Waals surface area contributed by atoms with E-state index in [2.05, 4.69) is 25.5 Å². The number of aryl methyl sites for hydroxylation is 1. The monoisotopic (exact) mass is 363 g/mol. The Morgan fingerprint density at radius 2 is 2.00 bits per heavy atom. The van der Waals surface area contributed by atoms with E-state index in [0.717, 1.165) is 34.3 Å². The number of benzene rings is 1. The first-order valence-corrected chi connectivity index (χ1v) is 8.65. The molecule has 27 heavy (non-hydrogen) atoms. The van der Waals surface area contributed by atoms with Crippen LogP contribution in [0.2, 0.25) is 0 Å². The molecular formula is C20H18FN5O. The summed E-state index contributed by atoms with van der Waals surface area (Å²) in [6.45, 7) is 3.88. The van der Waals surface area contributed by atoms with Gasteiger partial charge in [-0.15, -0.1) is 0 Å². The fraction of sp³-hybridized carbons (Fsp3) is 0.150. The van der Waals surface area contributed by atoms with Crippen LogP contribution in [-0.2, 0) is 6.42 Å². The van der Waals surface area contributed by atoms with Crippen molar-refractivity contribution >= 4 is 22.6 Å². The molecule has 0 spiro atoms. The number of nitrogens with zero attached hydrogens (tertiary/aromatic N) is 2. The predicted octanol–water partition coefficient (Wildman–Crippen LogP) is 4.22.